The summed E-state index contributed by atoms with van der Waals surface area (Å²) in [5.41, 5.74) is 1.05. The number of nitrogens with zero attached hydrogens (tertiary/aromatic N) is 2. The molecule has 0 bridgehead atoms. The molecule has 55 valence electrons. The molecule has 0 unspecified atom stereocenters. The lowest BCUT2D eigenvalue weighted by Crippen LogP contribution is -2.16. The quantitative estimate of drug-likeness (QED) is 0.589. The van der Waals surface area contributed by atoms with Crippen molar-refractivity contribution in [3.05, 3.63) is 30.3 Å². The molecule has 1 aromatic carbocycles. The van der Waals surface area contributed by atoms with Gasteiger partial charge < -0.3 is 4.90 Å². The van der Waals surface area contributed by atoms with Crippen molar-refractivity contribution in [2.24, 2.45) is 0 Å². The molecular formula is C9H9N2. The Kier molecular flexibility index (Phi) is 2.51. The lowest BCUT2D eigenvalue weighted by Gasteiger charge is -2.13. The molecule has 0 aliphatic carbocycles. The molecule has 0 aliphatic heterocycles. The highest BCUT2D eigenvalue weighted by atomic mass is 15.1. The maximum absolute atomic E-state index is 8.40. The molecule has 0 fully saturated rings. The minimum absolute atomic E-state index is 0.421. The van der Waals surface area contributed by atoms with Gasteiger partial charge in [-0.3, -0.25) is 0 Å². The van der Waals surface area contributed by atoms with Gasteiger partial charge in [0.15, 0.2) is 0 Å². The summed E-state index contributed by atoms with van der Waals surface area (Å²) in [7, 11) is 1.89. The molecule has 1 rings (SSSR count). The molecule has 11 heavy (non-hydrogen) atoms. The Morgan fingerprint density at radius 1 is 1.55 bits per heavy atom. The topological polar surface area (TPSA) is 27.0 Å². The summed E-state index contributed by atoms with van der Waals surface area (Å²) in [5.74, 6) is 0. The highest BCUT2D eigenvalue weighted by molar-refractivity contribution is 5.45. The molecule has 2 heteroatoms. The molecule has 1 aromatic rings. The Labute approximate surface area is 66.7 Å². The first-order chi connectivity index (χ1) is 5.34. The van der Waals surface area contributed by atoms with E-state index in [0.29, 0.717) is 6.54 Å². The van der Waals surface area contributed by atoms with Crippen LogP contribution in [0, 0.1) is 17.4 Å². The predicted molar refractivity (Wildman–Crippen MR) is 44.2 cm³/mol. The number of anilines is 1. The molecule has 0 heterocycles. The second-order valence-electron chi connectivity index (χ2n) is 2.27. The molecule has 0 amide bonds. The summed E-state index contributed by atoms with van der Waals surface area (Å²) in [5, 5.41) is 8.40. The third-order valence-corrected chi connectivity index (χ3v) is 1.45. The van der Waals surface area contributed by atoms with Crippen LogP contribution in [0.4, 0.5) is 5.69 Å². The predicted octanol–water partition coefficient (Wildman–Crippen LogP) is 1.45. The van der Waals surface area contributed by atoms with Gasteiger partial charge in [-0.25, -0.2) is 0 Å². The summed E-state index contributed by atoms with van der Waals surface area (Å²) in [6.07, 6.45) is 0. The molecule has 0 aromatic heterocycles. The second kappa shape index (κ2) is 3.62. The van der Waals surface area contributed by atoms with Gasteiger partial charge in [0.1, 0.15) is 6.54 Å². The molecule has 0 atom stereocenters. The maximum Gasteiger partial charge on any atom is 0.105 e. The zero-order chi connectivity index (χ0) is 8.10. The standard InChI is InChI=1S/C9H9N2/c1-11(8-7-10)9-5-3-2-4-6-9/h3-6H,8H2,1H3. The molecule has 0 spiro atoms. The van der Waals surface area contributed by atoms with Gasteiger partial charge in [0, 0.05) is 12.7 Å². The van der Waals surface area contributed by atoms with E-state index >= 15 is 0 Å². The van der Waals surface area contributed by atoms with Crippen molar-refractivity contribution in [2.75, 3.05) is 18.5 Å². The second-order valence-corrected chi connectivity index (χ2v) is 2.27. The summed E-state index contributed by atoms with van der Waals surface area (Å²) < 4.78 is 0. The van der Waals surface area contributed by atoms with Gasteiger partial charge in [0.25, 0.3) is 0 Å². The van der Waals surface area contributed by atoms with Crippen molar-refractivity contribution in [1.82, 2.24) is 0 Å². The van der Waals surface area contributed by atoms with E-state index in [0.717, 1.165) is 5.69 Å². The average Bonchev–Trinajstić information content (AvgIpc) is 2.07. The van der Waals surface area contributed by atoms with Crippen LogP contribution in [0.3, 0.4) is 0 Å². The molecule has 0 aliphatic rings. The van der Waals surface area contributed by atoms with Crippen LogP contribution in [0.15, 0.2) is 24.3 Å². The lowest BCUT2D eigenvalue weighted by atomic mass is 10.3. The fourth-order valence-corrected chi connectivity index (χ4v) is 0.830. The van der Waals surface area contributed by atoms with Gasteiger partial charge in [-0.15, -0.1) is 0 Å². The summed E-state index contributed by atoms with van der Waals surface area (Å²) >= 11 is 0. The lowest BCUT2D eigenvalue weighted by molar-refractivity contribution is 1.04. The van der Waals surface area contributed by atoms with E-state index in [9.17, 15) is 0 Å². The van der Waals surface area contributed by atoms with Crippen LogP contribution in [-0.2, 0) is 0 Å². The fraction of sp³-hybridized carbons (Fsp3) is 0.222. The largest absolute Gasteiger partial charge is 0.361 e. The Bertz CT molecular complexity index is 248. The maximum atomic E-state index is 8.40. The first-order valence-corrected chi connectivity index (χ1v) is 3.39. The summed E-state index contributed by atoms with van der Waals surface area (Å²) in [6.45, 7) is 0.421. The van der Waals surface area contributed by atoms with Crippen molar-refractivity contribution in [3.8, 4) is 6.07 Å². The fourth-order valence-electron chi connectivity index (χ4n) is 0.830. The Hall–Kier alpha value is -1.49. The van der Waals surface area contributed by atoms with Gasteiger partial charge in [-0.05, 0) is 18.2 Å². The van der Waals surface area contributed by atoms with Crippen LogP contribution < -0.4 is 4.90 Å². The highest BCUT2D eigenvalue weighted by Crippen LogP contribution is 2.08. The van der Waals surface area contributed by atoms with Crippen LogP contribution in [0.2, 0.25) is 0 Å². The van der Waals surface area contributed by atoms with E-state index < -0.39 is 0 Å². The number of nitriles is 1. The Morgan fingerprint density at radius 2 is 2.18 bits per heavy atom. The number of benzene rings is 1. The first kappa shape index (κ1) is 7.62. The normalized spacial score (nSPS) is 8.73. The Morgan fingerprint density at radius 3 is 2.73 bits per heavy atom. The summed E-state index contributed by atoms with van der Waals surface area (Å²) in [4.78, 5) is 1.88. The minimum atomic E-state index is 0.421. The first-order valence-electron chi connectivity index (χ1n) is 3.39. The van der Waals surface area contributed by atoms with Crippen LogP contribution in [0.5, 0.6) is 0 Å². The van der Waals surface area contributed by atoms with Crippen LogP contribution in [0.1, 0.15) is 0 Å². The van der Waals surface area contributed by atoms with Crippen molar-refractivity contribution >= 4 is 5.69 Å². The van der Waals surface area contributed by atoms with Crippen molar-refractivity contribution in [1.29, 1.82) is 5.26 Å². The van der Waals surface area contributed by atoms with Crippen molar-refractivity contribution in [2.45, 2.75) is 0 Å². The highest BCUT2D eigenvalue weighted by Gasteiger charge is 1.95. The van der Waals surface area contributed by atoms with Crippen LogP contribution in [-0.4, -0.2) is 13.6 Å². The smallest absolute Gasteiger partial charge is 0.105 e. The average molecular weight is 145 g/mol. The third-order valence-electron chi connectivity index (χ3n) is 1.45. The zero-order valence-electron chi connectivity index (χ0n) is 6.41. The van der Waals surface area contributed by atoms with Crippen LogP contribution >= 0.6 is 0 Å². The molecule has 0 saturated heterocycles. The Balaban J connectivity index is 2.70. The van der Waals surface area contributed by atoms with Gasteiger partial charge >= 0.3 is 0 Å². The molecule has 0 N–H and O–H groups in total. The summed E-state index contributed by atoms with van der Waals surface area (Å²) in [6, 6.07) is 12.5. The van der Waals surface area contributed by atoms with E-state index in [-0.39, 0.29) is 0 Å². The van der Waals surface area contributed by atoms with Gasteiger partial charge in [-0.2, -0.15) is 5.26 Å². The molecule has 0 saturated carbocycles. The van der Waals surface area contributed by atoms with E-state index in [1.165, 1.54) is 0 Å². The van der Waals surface area contributed by atoms with Gasteiger partial charge in [0.05, 0.1) is 6.07 Å². The van der Waals surface area contributed by atoms with E-state index in [1.807, 2.05) is 36.2 Å². The zero-order valence-corrected chi connectivity index (χ0v) is 6.41. The minimum Gasteiger partial charge on any atom is -0.361 e. The van der Waals surface area contributed by atoms with E-state index in [4.69, 9.17) is 5.26 Å². The van der Waals surface area contributed by atoms with Crippen molar-refractivity contribution in [3.63, 3.8) is 0 Å². The molecule has 2 nitrogen and oxygen atoms in total. The van der Waals surface area contributed by atoms with Crippen LogP contribution in [0.25, 0.3) is 0 Å². The van der Waals surface area contributed by atoms with E-state index in [2.05, 4.69) is 12.1 Å². The van der Waals surface area contributed by atoms with Gasteiger partial charge in [0.2, 0.25) is 0 Å². The number of hydrogen-bond acceptors (Lipinski definition) is 2. The SMILES string of the molecule is CN(CC#N)c1cc[c]cc1. The monoisotopic (exact) mass is 145 g/mol. The molecular weight excluding hydrogens is 136 g/mol. The molecule has 1 radical (unpaired) electrons. The van der Waals surface area contributed by atoms with Crippen molar-refractivity contribution < 1.29 is 0 Å². The number of rotatable bonds is 2. The van der Waals surface area contributed by atoms with E-state index in [1.54, 1.807) is 0 Å². The van der Waals surface area contributed by atoms with Gasteiger partial charge in [-0.1, -0.05) is 12.1 Å². The third kappa shape index (κ3) is 1.98. The number of hydrogen-bond donors (Lipinski definition) is 0.